The summed E-state index contributed by atoms with van der Waals surface area (Å²) in [6.07, 6.45) is 1.54. The molecule has 0 aliphatic carbocycles. The molecule has 86 valence electrons. The first-order valence-corrected chi connectivity index (χ1v) is 6.93. The summed E-state index contributed by atoms with van der Waals surface area (Å²) in [6, 6.07) is 0. The zero-order valence-corrected chi connectivity index (χ0v) is 9.79. The third kappa shape index (κ3) is 3.48. The summed E-state index contributed by atoms with van der Waals surface area (Å²) in [5.74, 6) is 0. The van der Waals surface area contributed by atoms with E-state index in [9.17, 15) is 16.8 Å². The van der Waals surface area contributed by atoms with Crippen molar-refractivity contribution in [2.45, 2.75) is 0 Å². The van der Waals surface area contributed by atoms with Crippen LogP contribution in [0.1, 0.15) is 0 Å². The summed E-state index contributed by atoms with van der Waals surface area (Å²) in [5.41, 5.74) is 0. The van der Waals surface area contributed by atoms with Crippen LogP contribution in [0, 0.1) is 0 Å². The molecule has 14 heavy (non-hydrogen) atoms. The molecule has 0 heterocycles. The number of hydrogen-bond donors (Lipinski definition) is 0. The Morgan fingerprint density at radius 3 is 1.07 bits per heavy atom. The number of hydrazine groups is 1. The van der Waals surface area contributed by atoms with Gasteiger partial charge in [-0.2, -0.15) is 0 Å². The predicted molar refractivity (Wildman–Crippen MR) is 47.4 cm³/mol. The minimum Gasteiger partial charge on any atom is -0.271 e. The first-order valence-electron chi connectivity index (χ1n) is 3.23. The Labute approximate surface area is 83.0 Å². The van der Waals surface area contributed by atoms with Gasteiger partial charge in [-0.15, -0.1) is 0 Å². The topological polar surface area (TPSA) is 93.2 Å². The molecule has 0 saturated carbocycles. The van der Waals surface area contributed by atoms with Crippen LogP contribution in [0.2, 0.25) is 0 Å². The Morgan fingerprint density at radius 1 is 0.786 bits per heavy atom. The Hall–Kier alpha value is -0.260. The molecule has 0 unspecified atom stereocenters. The molecule has 0 aromatic rings. The molecule has 8 nitrogen and oxygen atoms in total. The van der Waals surface area contributed by atoms with E-state index in [1.807, 2.05) is 0 Å². The van der Waals surface area contributed by atoms with E-state index in [1.54, 1.807) is 0 Å². The molecule has 0 bridgehead atoms. The van der Waals surface area contributed by atoms with Crippen LogP contribution in [0.15, 0.2) is 0 Å². The van der Waals surface area contributed by atoms with E-state index in [4.69, 9.17) is 0 Å². The lowest BCUT2D eigenvalue weighted by molar-refractivity contribution is -0.281. The Bertz CT molecular complexity index is 335. The van der Waals surface area contributed by atoms with Crippen molar-refractivity contribution in [3.63, 3.8) is 0 Å². The van der Waals surface area contributed by atoms with Gasteiger partial charge in [-0.05, 0) is 0 Å². The maximum atomic E-state index is 11.0. The highest BCUT2D eigenvalue weighted by atomic mass is 32.2. The Kier molecular flexibility index (Phi) is 4.42. The maximum absolute atomic E-state index is 11.0. The van der Waals surface area contributed by atoms with Crippen molar-refractivity contribution in [2.24, 2.45) is 0 Å². The number of hydrogen-bond acceptors (Lipinski definition) is 6. The lowest BCUT2D eigenvalue weighted by Crippen LogP contribution is -2.47. The van der Waals surface area contributed by atoms with Gasteiger partial charge in [0.05, 0.1) is 26.7 Å². The maximum Gasteiger partial charge on any atom is 0.250 e. The molecule has 0 amide bonds. The van der Waals surface area contributed by atoms with Crippen LogP contribution in [0.25, 0.3) is 0 Å². The molecular weight excluding hydrogens is 236 g/mol. The van der Waals surface area contributed by atoms with Gasteiger partial charge < -0.3 is 0 Å². The molecule has 0 N–H and O–H groups in total. The van der Waals surface area contributed by atoms with E-state index < -0.39 is 20.0 Å². The van der Waals surface area contributed by atoms with Gasteiger partial charge in [-0.3, -0.25) is 9.68 Å². The fourth-order valence-electron chi connectivity index (χ4n) is 0.646. The van der Waals surface area contributed by atoms with Crippen molar-refractivity contribution in [3.05, 3.63) is 0 Å². The number of sulfonamides is 2. The number of nitrogens with zero attached hydrogens (tertiary/aromatic N) is 2. The molecule has 0 spiro atoms. The van der Waals surface area contributed by atoms with Gasteiger partial charge in [0.1, 0.15) is 0 Å². The highest BCUT2D eigenvalue weighted by Crippen LogP contribution is 2.09. The van der Waals surface area contributed by atoms with Gasteiger partial charge in [0.2, 0.25) is 20.0 Å². The normalized spacial score (nSPS) is 13.9. The molecule has 0 aromatic carbocycles. The summed E-state index contributed by atoms with van der Waals surface area (Å²) < 4.78 is 44.3. The van der Waals surface area contributed by atoms with E-state index in [-0.39, 0.29) is 9.16 Å². The molecule has 0 fully saturated rings. The van der Waals surface area contributed by atoms with Crippen LogP contribution in [-0.2, 0) is 29.7 Å². The second-order valence-electron chi connectivity index (χ2n) is 2.31. The smallest absolute Gasteiger partial charge is 0.250 e. The molecule has 0 radical (unpaired) electrons. The minimum absolute atomic E-state index is 0.113. The van der Waals surface area contributed by atoms with Crippen molar-refractivity contribution in [1.82, 2.24) is 9.16 Å². The molecule has 0 aliphatic rings. The first kappa shape index (κ1) is 13.7. The van der Waals surface area contributed by atoms with Crippen molar-refractivity contribution in [3.8, 4) is 0 Å². The van der Waals surface area contributed by atoms with Crippen LogP contribution >= 0.6 is 0 Å². The molecule has 0 aromatic heterocycles. The van der Waals surface area contributed by atoms with Crippen LogP contribution in [0.4, 0.5) is 0 Å². The third-order valence-corrected chi connectivity index (χ3v) is 2.85. The summed E-state index contributed by atoms with van der Waals surface area (Å²) in [7, 11) is -5.76. The Morgan fingerprint density at radius 2 is 1.00 bits per heavy atom. The molecule has 0 saturated heterocycles. The lowest BCUT2D eigenvalue weighted by Gasteiger charge is -2.25. The van der Waals surface area contributed by atoms with Gasteiger partial charge in [0, 0.05) is 9.16 Å². The second kappa shape index (κ2) is 4.51. The molecule has 10 heteroatoms. The summed E-state index contributed by atoms with van der Waals surface area (Å²) >= 11 is 0. The zero-order chi connectivity index (χ0) is 11.6. The van der Waals surface area contributed by atoms with Crippen molar-refractivity contribution < 1.29 is 26.5 Å². The fraction of sp³-hybridized carbons (Fsp3) is 1.00. The minimum atomic E-state index is -3.88. The van der Waals surface area contributed by atoms with E-state index in [0.29, 0.717) is 0 Å². The van der Waals surface area contributed by atoms with E-state index >= 15 is 0 Å². The standard InChI is InChI=1S/C4H12N2O6S2/c1-11-5(13(3,7)8)6(12-2)14(4,9)10/h1-4H3. The average molecular weight is 248 g/mol. The molecule has 0 aliphatic heterocycles. The summed E-state index contributed by atoms with van der Waals surface area (Å²) in [5, 5.41) is 0. The van der Waals surface area contributed by atoms with Gasteiger partial charge in [-0.25, -0.2) is 16.8 Å². The van der Waals surface area contributed by atoms with E-state index in [2.05, 4.69) is 9.68 Å². The monoisotopic (exact) mass is 248 g/mol. The first-order chi connectivity index (χ1) is 6.14. The zero-order valence-electron chi connectivity index (χ0n) is 8.16. The van der Waals surface area contributed by atoms with E-state index in [0.717, 1.165) is 26.7 Å². The van der Waals surface area contributed by atoms with Gasteiger partial charge in [0.15, 0.2) is 0 Å². The molecular formula is C4H12N2O6S2. The number of rotatable bonds is 5. The largest absolute Gasteiger partial charge is 0.271 e. The summed E-state index contributed by atoms with van der Waals surface area (Å²) in [4.78, 5) is 8.72. The van der Waals surface area contributed by atoms with Crippen LogP contribution < -0.4 is 0 Å². The molecule has 0 rings (SSSR count). The van der Waals surface area contributed by atoms with Crippen LogP contribution in [-0.4, -0.2) is 52.7 Å². The average Bonchev–Trinajstić information content (AvgIpc) is 1.94. The second-order valence-corrected chi connectivity index (χ2v) is 5.86. The predicted octanol–water partition coefficient (Wildman–Crippen LogP) is -1.45. The van der Waals surface area contributed by atoms with Crippen molar-refractivity contribution >= 4 is 20.0 Å². The molecule has 0 atom stereocenters. The highest BCUT2D eigenvalue weighted by molar-refractivity contribution is 7.91. The third-order valence-electron chi connectivity index (χ3n) is 1.01. The van der Waals surface area contributed by atoms with Crippen molar-refractivity contribution in [2.75, 3.05) is 26.7 Å². The lowest BCUT2D eigenvalue weighted by atomic mass is 11.7. The summed E-state index contributed by atoms with van der Waals surface area (Å²) in [6.45, 7) is 0. The van der Waals surface area contributed by atoms with Crippen LogP contribution in [0.3, 0.4) is 0 Å². The van der Waals surface area contributed by atoms with Gasteiger partial charge in [0.25, 0.3) is 0 Å². The quantitative estimate of drug-likeness (QED) is 0.552. The van der Waals surface area contributed by atoms with Crippen molar-refractivity contribution in [1.29, 1.82) is 0 Å². The van der Waals surface area contributed by atoms with E-state index in [1.165, 1.54) is 0 Å². The van der Waals surface area contributed by atoms with Crippen LogP contribution in [0.5, 0.6) is 0 Å². The SMILES string of the molecule is CON(N(OC)S(C)(=O)=O)S(C)(=O)=O. The highest BCUT2D eigenvalue weighted by Gasteiger charge is 2.32. The Balaban J connectivity index is 5.22. The van der Waals surface area contributed by atoms with Gasteiger partial charge >= 0.3 is 0 Å². The van der Waals surface area contributed by atoms with Gasteiger partial charge in [-0.1, -0.05) is 0 Å². The fourth-order valence-corrected chi connectivity index (χ4v) is 2.53.